The second kappa shape index (κ2) is 9.63. The van der Waals surface area contributed by atoms with Crippen LogP contribution in [-0.4, -0.2) is 40.2 Å². The van der Waals surface area contributed by atoms with E-state index in [0.717, 1.165) is 0 Å². The smallest absolute Gasteiger partial charge is 0.341 e. The van der Waals surface area contributed by atoms with E-state index in [1.165, 1.54) is 40.9 Å². The van der Waals surface area contributed by atoms with Gasteiger partial charge in [-0.2, -0.15) is 0 Å². The van der Waals surface area contributed by atoms with Crippen molar-refractivity contribution in [3.05, 3.63) is 62.2 Å². The summed E-state index contributed by atoms with van der Waals surface area (Å²) in [5, 5.41) is 9.46. The average Bonchev–Trinajstić information content (AvgIpc) is 2.97. The molecule has 1 heterocycles. The predicted molar refractivity (Wildman–Crippen MR) is 119 cm³/mol. The highest BCUT2D eigenvalue weighted by Crippen LogP contribution is 2.38. The number of halogens is 3. The second-order valence-corrected chi connectivity index (χ2v) is 8.30. The van der Waals surface area contributed by atoms with E-state index >= 15 is 0 Å². The molecule has 30 heavy (non-hydrogen) atoms. The van der Waals surface area contributed by atoms with Crippen LogP contribution in [0.2, 0.25) is 5.02 Å². The molecule has 2 aromatic carbocycles. The molecule has 1 amide bonds. The first kappa shape index (κ1) is 22.3. The maximum Gasteiger partial charge on any atom is 0.341 e. The summed E-state index contributed by atoms with van der Waals surface area (Å²) in [6.07, 6.45) is 1.67. The molecule has 0 aliphatic carbocycles. The van der Waals surface area contributed by atoms with Crippen molar-refractivity contribution in [3.63, 3.8) is 0 Å². The number of ether oxygens (including phenoxy) is 1. The number of likely N-dealkylation sites (N-methyl/N-ethyl adjacent to an activating group) is 1. The van der Waals surface area contributed by atoms with Gasteiger partial charge in [-0.3, -0.25) is 9.69 Å². The van der Waals surface area contributed by atoms with Crippen LogP contribution in [0.5, 0.6) is 5.75 Å². The van der Waals surface area contributed by atoms with Crippen molar-refractivity contribution in [3.8, 4) is 5.75 Å². The summed E-state index contributed by atoms with van der Waals surface area (Å²) in [4.78, 5) is 29.9. The minimum atomic E-state index is -1.12. The molecule has 1 aliphatic rings. The number of hydrogen-bond donors (Lipinski definition) is 1. The quantitative estimate of drug-likeness (QED) is 0.528. The number of aliphatic imine (C=N–C) groups is 1. The van der Waals surface area contributed by atoms with Crippen LogP contribution in [0.4, 0.5) is 10.1 Å². The summed E-state index contributed by atoms with van der Waals surface area (Å²) in [5.74, 6) is -1.48. The normalized spacial score (nSPS) is 16.5. The summed E-state index contributed by atoms with van der Waals surface area (Å²) in [7, 11) is 0. The Labute approximate surface area is 189 Å². The van der Waals surface area contributed by atoms with Crippen molar-refractivity contribution < 1.29 is 23.8 Å². The number of nitrogens with zero attached hydrogens (tertiary/aromatic N) is 2. The lowest BCUT2D eigenvalue weighted by atomic mass is 10.2. The fourth-order valence-corrected chi connectivity index (χ4v) is 4.63. The molecule has 6 nitrogen and oxygen atoms in total. The number of carboxylic acid groups (broad SMARTS) is 1. The van der Waals surface area contributed by atoms with E-state index in [1.54, 1.807) is 18.2 Å². The van der Waals surface area contributed by atoms with Crippen LogP contribution in [0.15, 0.2) is 50.8 Å². The van der Waals surface area contributed by atoms with Crippen molar-refractivity contribution in [2.45, 2.75) is 6.92 Å². The number of thioether (sulfide) groups is 1. The van der Waals surface area contributed by atoms with Gasteiger partial charge in [0.1, 0.15) is 5.82 Å². The van der Waals surface area contributed by atoms with Crippen LogP contribution < -0.4 is 4.74 Å². The monoisotopic (exact) mass is 512 g/mol. The second-order valence-electron chi connectivity index (χ2n) is 6.03. The third-order valence-electron chi connectivity index (χ3n) is 3.91. The number of benzene rings is 2. The Kier molecular flexibility index (Phi) is 7.17. The standard InChI is InChI=1S/C20H15BrClFN2O4S/c1-2-25-19(28)16(30-20(25)24-13-5-3-12(23)4-6-13)9-11-7-14(21)18(15(22)8-11)29-10-17(26)27/h3-9H,2,10H2,1H3,(H,26,27)/b16-9+,24-20?. The lowest BCUT2D eigenvalue weighted by molar-refractivity contribution is -0.139. The zero-order valence-electron chi connectivity index (χ0n) is 15.6. The molecule has 0 spiro atoms. The van der Waals surface area contributed by atoms with Gasteiger partial charge < -0.3 is 9.84 Å². The van der Waals surface area contributed by atoms with Gasteiger partial charge in [0, 0.05) is 6.54 Å². The summed E-state index contributed by atoms with van der Waals surface area (Å²) in [6, 6.07) is 8.94. The summed E-state index contributed by atoms with van der Waals surface area (Å²) < 4.78 is 18.8. The molecule has 156 valence electrons. The average molecular weight is 514 g/mol. The molecule has 1 N–H and O–H groups in total. The molecular weight excluding hydrogens is 499 g/mol. The van der Waals surface area contributed by atoms with Crippen molar-refractivity contribution in [1.29, 1.82) is 0 Å². The zero-order chi connectivity index (χ0) is 21.8. The molecule has 0 atom stereocenters. The van der Waals surface area contributed by atoms with Gasteiger partial charge in [-0.25, -0.2) is 14.2 Å². The van der Waals surface area contributed by atoms with E-state index in [0.29, 0.717) is 32.3 Å². The van der Waals surface area contributed by atoms with Crippen LogP contribution in [0.25, 0.3) is 6.08 Å². The lowest BCUT2D eigenvalue weighted by Crippen LogP contribution is -2.28. The largest absolute Gasteiger partial charge is 0.479 e. The molecular formula is C20H15BrClFN2O4S. The van der Waals surface area contributed by atoms with Gasteiger partial charge in [0.15, 0.2) is 17.5 Å². The Hall–Kier alpha value is -2.36. The molecule has 0 radical (unpaired) electrons. The number of carboxylic acids is 1. The number of carbonyl (C=O) groups excluding carboxylic acids is 1. The van der Waals surface area contributed by atoms with Crippen LogP contribution in [0.3, 0.4) is 0 Å². The molecule has 1 aliphatic heterocycles. The fourth-order valence-electron chi connectivity index (χ4n) is 2.58. The van der Waals surface area contributed by atoms with Gasteiger partial charge in [-0.05, 0) is 82.7 Å². The van der Waals surface area contributed by atoms with E-state index in [9.17, 15) is 14.0 Å². The number of amides is 1. The van der Waals surface area contributed by atoms with Crippen LogP contribution in [0.1, 0.15) is 12.5 Å². The Bertz CT molecular complexity index is 1040. The van der Waals surface area contributed by atoms with E-state index in [-0.39, 0.29) is 22.5 Å². The number of hydrogen-bond acceptors (Lipinski definition) is 5. The maximum absolute atomic E-state index is 13.1. The minimum absolute atomic E-state index is 0.207. The van der Waals surface area contributed by atoms with Gasteiger partial charge in [-0.15, -0.1) is 0 Å². The minimum Gasteiger partial charge on any atom is -0.479 e. The Morgan fingerprint density at radius 3 is 2.67 bits per heavy atom. The highest BCUT2D eigenvalue weighted by atomic mass is 79.9. The van der Waals surface area contributed by atoms with Gasteiger partial charge >= 0.3 is 5.97 Å². The van der Waals surface area contributed by atoms with Crippen LogP contribution in [-0.2, 0) is 9.59 Å². The fraction of sp³-hybridized carbons (Fsp3) is 0.150. The predicted octanol–water partition coefficient (Wildman–Crippen LogP) is 5.33. The lowest BCUT2D eigenvalue weighted by Gasteiger charge is -2.12. The highest BCUT2D eigenvalue weighted by molar-refractivity contribution is 9.10. The topological polar surface area (TPSA) is 79.2 Å². The Morgan fingerprint density at radius 1 is 1.37 bits per heavy atom. The number of carbonyl (C=O) groups is 2. The van der Waals surface area contributed by atoms with E-state index < -0.39 is 12.6 Å². The zero-order valence-corrected chi connectivity index (χ0v) is 18.7. The van der Waals surface area contributed by atoms with Crippen LogP contribution in [0, 0.1) is 5.82 Å². The third kappa shape index (κ3) is 5.21. The van der Waals surface area contributed by atoms with Gasteiger partial charge in [0.2, 0.25) is 0 Å². The van der Waals surface area contributed by atoms with Crippen molar-refractivity contribution in [2.24, 2.45) is 4.99 Å². The molecule has 0 aromatic heterocycles. The van der Waals surface area contributed by atoms with E-state index in [4.69, 9.17) is 21.4 Å². The summed E-state index contributed by atoms with van der Waals surface area (Å²) >= 11 is 10.7. The van der Waals surface area contributed by atoms with Crippen LogP contribution >= 0.6 is 39.3 Å². The first-order chi connectivity index (χ1) is 14.3. The van der Waals surface area contributed by atoms with Crippen molar-refractivity contribution in [2.75, 3.05) is 13.2 Å². The maximum atomic E-state index is 13.1. The van der Waals surface area contributed by atoms with Crippen molar-refractivity contribution >= 4 is 68.1 Å². The molecule has 0 saturated carbocycles. The summed E-state index contributed by atoms with van der Waals surface area (Å²) in [6.45, 7) is 1.74. The molecule has 2 aromatic rings. The Balaban J connectivity index is 1.89. The highest BCUT2D eigenvalue weighted by Gasteiger charge is 2.32. The number of aliphatic carboxylic acids is 1. The first-order valence-electron chi connectivity index (χ1n) is 8.67. The third-order valence-corrected chi connectivity index (χ3v) is 5.79. The summed E-state index contributed by atoms with van der Waals surface area (Å²) in [5.41, 5.74) is 1.17. The molecule has 3 rings (SSSR count). The van der Waals surface area contributed by atoms with Gasteiger partial charge in [0.25, 0.3) is 5.91 Å². The first-order valence-corrected chi connectivity index (χ1v) is 10.7. The molecule has 1 saturated heterocycles. The molecule has 0 unspecified atom stereocenters. The molecule has 1 fully saturated rings. The SMILES string of the molecule is CCN1C(=O)/C(=C\c2cc(Cl)c(OCC(=O)O)c(Br)c2)SC1=Nc1ccc(F)cc1. The van der Waals surface area contributed by atoms with E-state index in [2.05, 4.69) is 20.9 Å². The van der Waals surface area contributed by atoms with Crippen molar-refractivity contribution in [1.82, 2.24) is 4.90 Å². The van der Waals surface area contributed by atoms with Gasteiger partial charge in [-0.1, -0.05) is 11.6 Å². The number of rotatable bonds is 6. The molecule has 10 heteroatoms. The van der Waals surface area contributed by atoms with Gasteiger partial charge in [0.05, 0.1) is 20.1 Å². The number of amidine groups is 1. The molecule has 0 bridgehead atoms. The Morgan fingerprint density at radius 2 is 2.07 bits per heavy atom. The van der Waals surface area contributed by atoms with E-state index in [1.807, 2.05) is 6.92 Å².